The molecule has 0 aliphatic heterocycles. The highest BCUT2D eigenvalue weighted by atomic mass is 32.2. The predicted molar refractivity (Wildman–Crippen MR) is 74.0 cm³/mol. The van der Waals surface area contributed by atoms with E-state index in [0.29, 0.717) is 5.03 Å². The van der Waals surface area contributed by atoms with E-state index in [9.17, 15) is 10.1 Å². The molecule has 0 bridgehead atoms. The molecule has 2 aromatic rings. The van der Waals surface area contributed by atoms with Gasteiger partial charge in [-0.15, -0.1) is 0 Å². The molecular formula is C12H12N4O2S. The summed E-state index contributed by atoms with van der Waals surface area (Å²) in [6.07, 6.45) is 0. The van der Waals surface area contributed by atoms with Gasteiger partial charge >= 0.3 is 0 Å². The maximum atomic E-state index is 10.8. The summed E-state index contributed by atoms with van der Waals surface area (Å²) in [7, 11) is 0. The van der Waals surface area contributed by atoms with Crippen molar-refractivity contribution in [3.8, 4) is 0 Å². The second kappa shape index (κ2) is 5.68. The van der Waals surface area contributed by atoms with Gasteiger partial charge in [-0.25, -0.2) is 10.8 Å². The lowest BCUT2D eigenvalue weighted by molar-refractivity contribution is -0.385. The molecule has 0 amide bonds. The monoisotopic (exact) mass is 276 g/mol. The number of benzene rings is 1. The van der Waals surface area contributed by atoms with E-state index < -0.39 is 4.92 Å². The summed E-state index contributed by atoms with van der Waals surface area (Å²) >= 11 is 1.36. The van der Waals surface area contributed by atoms with E-state index in [1.807, 2.05) is 31.2 Å². The molecule has 6 nitrogen and oxygen atoms in total. The first-order chi connectivity index (χ1) is 9.10. The van der Waals surface area contributed by atoms with Crippen LogP contribution in [-0.4, -0.2) is 9.91 Å². The third-order valence-electron chi connectivity index (χ3n) is 2.45. The van der Waals surface area contributed by atoms with Crippen LogP contribution in [0.1, 0.15) is 5.56 Å². The number of hydrogen-bond acceptors (Lipinski definition) is 6. The Kier molecular flexibility index (Phi) is 3.98. The number of nitrogen functional groups attached to an aromatic ring is 1. The number of nitro groups is 1. The molecule has 0 radical (unpaired) electrons. The molecule has 0 spiro atoms. The van der Waals surface area contributed by atoms with Gasteiger partial charge in [0.25, 0.3) is 5.69 Å². The fourth-order valence-corrected chi connectivity index (χ4v) is 2.43. The summed E-state index contributed by atoms with van der Waals surface area (Å²) in [6.45, 7) is 1.97. The SMILES string of the molecule is Cc1ccccc1Sc1cc([N+](=O)[O-])cc(NN)n1. The topological polar surface area (TPSA) is 94.1 Å². The molecule has 3 N–H and O–H groups in total. The fourth-order valence-electron chi connectivity index (χ4n) is 1.51. The predicted octanol–water partition coefficient (Wildman–Crippen LogP) is 2.74. The number of nitrogens with two attached hydrogens (primary N) is 1. The Bertz CT molecular complexity index is 618. The lowest BCUT2D eigenvalue weighted by atomic mass is 10.2. The summed E-state index contributed by atoms with van der Waals surface area (Å²) in [6, 6.07) is 10.5. The number of anilines is 1. The molecule has 0 atom stereocenters. The first-order valence-electron chi connectivity index (χ1n) is 5.46. The molecule has 7 heteroatoms. The van der Waals surface area contributed by atoms with Gasteiger partial charge in [0.2, 0.25) is 0 Å². The molecule has 0 saturated carbocycles. The van der Waals surface area contributed by atoms with Gasteiger partial charge < -0.3 is 5.43 Å². The summed E-state index contributed by atoms with van der Waals surface area (Å²) in [5.74, 6) is 5.54. The zero-order valence-electron chi connectivity index (χ0n) is 10.2. The van der Waals surface area contributed by atoms with E-state index in [1.54, 1.807) is 0 Å². The number of nitrogens with zero attached hydrogens (tertiary/aromatic N) is 2. The summed E-state index contributed by atoms with van der Waals surface area (Å²) in [5, 5.41) is 11.4. The van der Waals surface area contributed by atoms with Gasteiger partial charge in [0.15, 0.2) is 0 Å². The van der Waals surface area contributed by atoms with Crippen molar-refractivity contribution in [2.24, 2.45) is 5.84 Å². The van der Waals surface area contributed by atoms with Crippen LogP contribution in [0.15, 0.2) is 46.3 Å². The molecule has 0 fully saturated rings. The van der Waals surface area contributed by atoms with Crippen molar-refractivity contribution in [3.63, 3.8) is 0 Å². The molecule has 0 aliphatic carbocycles. The average molecular weight is 276 g/mol. The van der Waals surface area contributed by atoms with Crippen LogP contribution in [0.4, 0.5) is 11.5 Å². The van der Waals surface area contributed by atoms with Crippen LogP contribution in [0.25, 0.3) is 0 Å². The number of nitrogens with one attached hydrogen (secondary N) is 1. The third kappa shape index (κ3) is 3.21. The Morgan fingerprint density at radius 3 is 2.74 bits per heavy atom. The van der Waals surface area contributed by atoms with Gasteiger partial charge in [0.1, 0.15) is 10.8 Å². The number of hydrazine groups is 1. The number of aryl methyl sites for hydroxylation is 1. The van der Waals surface area contributed by atoms with Crippen LogP contribution in [0.2, 0.25) is 0 Å². The first kappa shape index (κ1) is 13.3. The average Bonchev–Trinajstić information content (AvgIpc) is 2.41. The second-order valence-corrected chi connectivity index (χ2v) is 4.88. The molecule has 2 rings (SSSR count). The minimum atomic E-state index is -0.468. The van der Waals surface area contributed by atoms with E-state index in [2.05, 4.69) is 10.4 Å². The van der Waals surface area contributed by atoms with Crippen LogP contribution < -0.4 is 11.3 Å². The van der Waals surface area contributed by atoms with E-state index >= 15 is 0 Å². The van der Waals surface area contributed by atoms with Crippen LogP contribution in [-0.2, 0) is 0 Å². The van der Waals surface area contributed by atoms with Gasteiger partial charge in [-0.3, -0.25) is 10.1 Å². The Balaban J connectivity index is 2.37. The van der Waals surface area contributed by atoms with Gasteiger partial charge in [-0.1, -0.05) is 30.0 Å². The molecule has 98 valence electrons. The van der Waals surface area contributed by atoms with E-state index in [-0.39, 0.29) is 11.5 Å². The summed E-state index contributed by atoms with van der Waals surface area (Å²) < 4.78 is 0. The minimum Gasteiger partial charge on any atom is -0.308 e. The summed E-state index contributed by atoms with van der Waals surface area (Å²) in [5.41, 5.74) is 3.38. The lowest BCUT2D eigenvalue weighted by Crippen LogP contribution is -2.09. The van der Waals surface area contributed by atoms with Gasteiger partial charge in [0.05, 0.1) is 11.0 Å². The van der Waals surface area contributed by atoms with Crippen molar-refractivity contribution in [2.75, 3.05) is 5.43 Å². The zero-order valence-corrected chi connectivity index (χ0v) is 11.0. The lowest BCUT2D eigenvalue weighted by Gasteiger charge is -2.06. The molecule has 19 heavy (non-hydrogen) atoms. The Morgan fingerprint density at radius 1 is 1.37 bits per heavy atom. The minimum absolute atomic E-state index is 0.0426. The number of pyridine rings is 1. The quantitative estimate of drug-likeness (QED) is 0.506. The molecule has 1 aromatic carbocycles. The van der Waals surface area contributed by atoms with E-state index in [1.165, 1.54) is 23.9 Å². The highest BCUT2D eigenvalue weighted by Gasteiger charge is 2.12. The van der Waals surface area contributed by atoms with Gasteiger partial charge in [0, 0.05) is 11.0 Å². The Hall–Kier alpha value is -2.12. The first-order valence-corrected chi connectivity index (χ1v) is 6.28. The Morgan fingerprint density at radius 2 is 2.11 bits per heavy atom. The third-order valence-corrected chi connectivity index (χ3v) is 3.55. The van der Waals surface area contributed by atoms with Gasteiger partial charge in [-0.05, 0) is 18.6 Å². The van der Waals surface area contributed by atoms with Crippen molar-refractivity contribution < 1.29 is 4.92 Å². The second-order valence-electron chi connectivity index (χ2n) is 3.82. The smallest absolute Gasteiger partial charge is 0.275 e. The van der Waals surface area contributed by atoms with Crippen LogP contribution in [0.3, 0.4) is 0 Å². The normalized spacial score (nSPS) is 10.2. The molecule has 1 aromatic heterocycles. The molecular weight excluding hydrogens is 264 g/mol. The zero-order chi connectivity index (χ0) is 13.8. The van der Waals surface area contributed by atoms with Crippen molar-refractivity contribution >= 4 is 23.3 Å². The number of hydrogen-bond donors (Lipinski definition) is 2. The molecule has 1 heterocycles. The van der Waals surface area contributed by atoms with E-state index in [4.69, 9.17) is 5.84 Å². The van der Waals surface area contributed by atoms with Crippen molar-refractivity contribution in [2.45, 2.75) is 16.8 Å². The van der Waals surface area contributed by atoms with Crippen molar-refractivity contribution in [3.05, 3.63) is 52.1 Å². The van der Waals surface area contributed by atoms with Crippen LogP contribution >= 0.6 is 11.8 Å². The fraction of sp³-hybridized carbons (Fsp3) is 0.0833. The maximum absolute atomic E-state index is 10.8. The Labute approximate surface area is 114 Å². The highest BCUT2D eigenvalue weighted by Crippen LogP contribution is 2.31. The highest BCUT2D eigenvalue weighted by molar-refractivity contribution is 7.99. The standard InChI is InChI=1S/C12H12N4O2S/c1-8-4-2-3-5-10(8)19-12-7-9(16(17)18)6-11(14-12)15-13/h2-7H,13H2,1H3,(H,14,15). The number of aromatic nitrogens is 1. The van der Waals surface area contributed by atoms with Crippen molar-refractivity contribution in [1.29, 1.82) is 0 Å². The summed E-state index contributed by atoms with van der Waals surface area (Å²) in [4.78, 5) is 15.6. The van der Waals surface area contributed by atoms with Crippen LogP contribution in [0.5, 0.6) is 0 Å². The largest absolute Gasteiger partial charge is 0.308 e. The van der Waals surface area contributed by atoms with Crippen molar-refractivity contribution in [1.82, 2.24) is 4.98 Å². The number of rotatable bonds is 4. The molecule has 0 aliphatic rings. The maximum Gasteiger partial charge on any atom is 0.275 e. The molecule has 0 unspecified atom stereocenters. The van der Waals surface area contributed by atoms with E-state index in [0.717, 1.165) is 10.5 Å². The van der Waals surface area contributed by atoms with Gasteiger partial charge in [-0.2, -0.15) is 0 Å². The van der Waals surface area contributed by atoms with Crippen LogP contribution in [0, 0.1) is 17.0 Å². The molecule has 0 saturated heterocycles.